The fourth-order valence-corrected chi connectivity index (χ4v) is 3.34. The fraction of sp³-hybridized carbons (Fsp3) is 0.429. The first kappa shape index (κ1) is 11.7. The Morgan fingerprint density at radius 1 is 1.31 bits per heavy atom. The summed E-state index contributed by atoms with van der Waals surface area (Å²) in [5.41, 5.74) is -0.706. The summed E-state index contributed by atoms with van der Waals surface area (Å²) in [6, 6.07) is 10.3. The van der Waals surface area contributed by atoms with Crippen LogP contribution in [0.1, 0.15) is 26.7 Å². The minimum absolute atomic E-state index is 0.0130. The average molecular weight is 234 g/mol. The maximum Gasteiger partial charge on any atom is 0.0949 e. The van der Waals surface area contributed by atoms with Crippen molar-refractivity contribution in [1.29, 1.82) is 0 Å². The van der Waals surface area contributed by atoms with Crippen molar-refractivity contribution >= 4 is 11.8 Å². The van der Waals surface area contributed by atoms with Gasteiger partial charge < -0.3 is 5.11 Å². The molecule has 86 valence electrons. The highest BCUT2D eigenvalue weighted by Gasteiger charge is 2.55. The summed E-state index contributed by atoms with van der Waals surface area (Å²) in [5, 5.41) is 10.5. The zero-order chi connectivity index (χ0) is 11.6. The van der Waals surface area contributed by atoms with Crippen molar-refractivity contribution in [3.8, 4) is 0 Å². The molecule has 2 heteroatoms. The summed E-state index contributed by atoms with van der Waals surface area (Å²) in [4.78, 5) is 1.24. The smallest absolute Gasteiger partial charge is 0.0949 e. The van der Waals surface area contributed by atoms with Crippen LogP contribution in [0, 0.1) is 0 Å². The molecule has 1 fully saturated rings. The summed E-state index contributed by atoms with van der Waals surface area (Å²) in [7, 11) is 0. The third-order valence-electron chi connectivity index (χ3n) is 3.17. The van der Waals surface area contributed by atoms with Gasteiger partial charge in [0.2, 0.25) is 0 Å². The Labute approximate surface area is 102 Å². The molecule has 2 rings (SSSR count). The molecule has 1 aliphatic rings. The summed E-state index contributed by atoms with van der Waals surface area (Å²) in [6.45, 7) is 3.87. The number of hydrogen-bond acceptors (Lipinski definition) is 2. The number of allylic oxidation sites excluding steroid dienone is 1. The molecule has 1 aliphatic carbocycles. The summed E-state index contributed by atoms with van der Waals surface area (Å²) in [6.07, 6.45) is 6.02. The van der Waals surface area contributed by atoms with Crippen LogP contribution < -0.4 is 0 Å². The van der Waals surface area contributed by atoms with Crippen LogP contribution in [0.15, 0.2) is 47.4 Å². The molecule has 0 aromatic heterocycles. The maximum absolute atomic E-state index is 10.5. The Balaban J connectivity index is 2.16. The monoisotopic (exact) mass is 234 g/mol. The van der Waals surface area contributed by atoms with E-state index in [1.54, 1.807) is 11.8 Å². The molecule has 0 aliphatic heterocycles. The van der Waals surface area contributed by atoms with Crippen LogP contribution in [-0.4, -0.2) is 15.5 Å². The van der Waals surface area contributed by atoms with E-state index in [1.165, 1.54) is 4.90 Å². The molecule has 1 atom stereocenters. The minimum atomic E-state index is -0.706. The van der Waals surface area contributed by atoms with Crippen molar-refractivity contribution in [2.75, 3.05) is 0 Å². The van der Waals surface area contributed by atoms with Gasteiger partial charge in [0.05, 0.1) is 10.3 Å². The molecule has 1 aromatic rings. The minimum Gasteiger partial charge on any atom is -0.385 e. The molecule has 0 radical (unpaired) electrons. The molecule has 0 amide bonds. The number of benzene rings is 1. The van der Waals surface area contributed by atoms with Gasteiger partial charge in [-0.3, -0.25) is 0 Å². The summed E-state index contributed by atoms with van der Waals surface area (Å²) >= 11 is 1.80. The zero-order valence-corrected chi connectivity index (χ0v) is 10.6. The summed E-state index contributed by atoms with van der Waals surface area (Å²) < 4.78 is -0.0130. The lowest BCUT2D eigenvalue weighted by Crippen LogP contribution is -2.36. The largest absolute Gasteiger partial charge is 0.385 e. The van der Waals surface area contributed by atoms with E-state index in [0.29, 0.717) is 0 Å². The van der Waals surface area contributed by atoms with Gasteiger partial charge in [-0.15, -0.1) is 11.8 Å². The third-order valence-corrected chi connectivity index (χ3v) is 4.89. The number of aliphatic hydroxyl groups is 1. The lowest BCUT2D eigenvalue weighted by molar-refractivity contribution is 0.101. The molecule has 0 unspecified atom stereocenters. The van der Waals surface area contributed by atoms with Gasteiger partial charge in [-0.2, -0.15) is 0 Å². The van der Waals surface area contributed by atoms with E-state index < -0.39 is 5.60 Å². The first-order valence-electron chi connectivity index (χ1n) is 5.70. The zero-order valence-electron chi connectivity index (χ0n) is 9.81. The normalized spacial score (nSPS) is 21.9. The van der Waals surface area contributed by atoms with Crippen molar-refractivity contribution in [3.05, 3.63) is 42.5 Å². The molecule has 16 heavy (non-hydrogen) atoms. The van der Waals surface area contributed by atoms with E-state index >= 15 is 0 Å². The van der Waals surface area contributed by atoms with E-state index in [-0.39, 0.29) is 4.75 Å². The van der Waals surface area contributed by atoms with Crippen LogP contribution >= 0.6 is 11.8 Å². The van der Waals surface area contributed by atoms with Gasteiger partial charge >= 0.3 is 0 Å². The Kier molecular flexibility index (Phi) is 3.13. The maximum atomic E-state index is 10.5. The first-order chi connectivity index (χ1) is 7.60. The highest BCUT2D eigenvalue weighted by Crippen LogP contribution is 2.58. The van der Waals surface area contributed by atoms with Gasteiger partial charge in [0.15, 0.2) is 0 Å². The Morgan fingerprint density at radius 2 is 1.94 bits per heavy atom. The SMILES string of the molecule is C/C=C/[C@](C)(O)C1(Sc2ccccc2)CC1. The molecule has 0 saturated heterocycles. The highest BCUT2D eigenvalue weighted by molar-refractivity contribution is 8.01. The molecule has 1 nitrogen and oxygen atoms in total. The van der Waals surface area contributed by atoms with Crippen LogP contribution in [0.5, 0.6) is 0 Å². The molecular weight excluding hydrogens is 216 g/mol. The lowest BCUT2D eigenvalue weighted by Gasteiger charge is -2.30. The number of thioether (sulfide) groups is 1. The molecule has 1 N–H and O–H groups in total. The second-order valence-electron chi connectivity index (χ2n) is 4.56. The quantitative estimate of drug-likeness (QED) is 0.803. The van der Waals surface area contributed by atoms with Gasteiger partial charge in [-0.25, -0.2) is 0 Å². The average Bonchev–Trinajstić information content (AvgIpc) is 3.01. The molecule has 0 bridgehead atoms. The van der Waals surface area contributed by atoms with Crippen LogP contribution in [0.4, 0.5) is 0 Å². The van der Waals surface area contributed by atoms with Gasteiger partial charge in [-0.05, 0) is 38.8 Å². The molecule has 0 heterocycles. The van der Waals surface area contributed by atoms with E-state index in [0.717, 1.165) is 12.8 Å². The van der Waals surface area contributed by atoms with Gasteiger partial charge in [0.25, 0.3) is 0 Å². The first-order valence-corrected chi connectivity index (χ1v) is 6.52. The van der Waals surface area contributed by atoms with Crippen molar-refractivity contribution in [3.63, 3.8) is 0 Å². The Hall–Kier alpha value is -0.730. The van der Waals surface area contributed by atoms with E-state index in [2.05, 4.69) is 12.1 Å². The number of hydrogen-bond donors (Lipinski definition) is 1. The van der Waals surface area contributed by atoms with Crippen molar-refractivity contribution in [2.45, 2.75) is 41.9 Å². The predicted molar refractivity (Wildman–Crippen MR) is 69.7 cm³/mol. The summed E-state index contributed by atoms with van der Waals surface area (Å²) in [5.74, 6) is 0. The van der Waals surface area contributed by atoms with Crippen LogP contribution in [0.3, 0.4) is 0 Å². The van der Waals surface area contributed by atoms with Gasteiger partial charge in [-0.1, -0.05) is 30.4 Å². The van der Waals surface area contributed by atoms with Gasteiger partial charge in [0.1, 0.15) is 0 Å². The highest BCUT2D eigenvalue weighted by atomic mass is 32.2. The van der Waals surface area contributed by atoms with E-state index in [4.69, 9.17) is 0 Å². The van der Waals surface area contributed by atoms with Gasteiger partial charge in [0, 0.05) is 4.90 Å². The molecular formula is C14H18OS. The van der Waals surface area contributed by atoms with Crippen molar-refractivity contribution in [1.82, 2.24) is 0 Å². The number of rotatable bonds is 4. The van der Waals surface area contributed by atoms with Crippen LogP contribution in [0.25, 0.3) is 0 Å². The third kappa shape index (κ3) is 2.18. The van der Waals surface area contributed by atoms with Crippen molar-refractivity contribution in [2.24, 2.45) is 0 Å². The molecule has 1 saturated carbocycles. The lowest BCUT2D eigenvalue weighted by atomic mass is 9.99. The van der Waals surface area contributed by atoms with Crippen molar-refractivity contribution < 1.29 is 5.11 Å². The molecule has 1 aromatic carbocycles. The Morgan fingerprint density at radius 3 is 2.44 bits per heavy atom. The molecule has 0 spiro atoms. The second-order valence-corrected chi connectivity index (χ2v) is 6.01. The predicted octanol–water partition coefficient (Wildman–Crippen LogP) is 3.64. The van der Waals surface area contributed by atoms with Crippen LogP contribution in [0.2, 0.25) is 0 Å². The van der Waals surface area contributed by atoms with E-state index in [1.807, 2.05) is 44.2 Å². The Bertz CT molecular complexity index is 377. The second kappa shape index (κ2) is 4.27. The topological polar surface area (TPSA) is 20.2 Å². The van der Waals surface area contributed by atoms with Crippen LogP contribution in [-0.2, 0) is 0 Å². The van der Waals surface area contributed by atoms with E-state index in [9.17, 15) is 5.11 Å². The fourth-order valence-electron chi connectivity index (χ4n) is 2.02. The standard InChI is InChI=1S/C14H18OS/c1-3-9-13(2,15)14(10-11-14)16-12-7-5-4-6-8-12/h3-9,15H,10-11H2,1-2H3/b9-3+/t13-/m0/s1.